The van der Waals surface area contributed by atoms with Gasteiger partial charge < -0.3 is 10.3 Å². The van der Waals surface area contributed by atoms with Crippen LogP contribution in [-0.2, 0) is 5.41 Å². The molecule has 1 unspecified atom stereocenters. The van der Waals surface area contributed by atoms with Crippen LogP contribution in [0, 0.1) is 0 Å². The fourth-order valence-electron chi connectivity index (χ4n) is 3.32. The lowest BCUT2D eigenvalue weighted by Gasteiger charge is -2.19. The van der Waals surface area contributed by atoms with Crippen LogP contribution in [0.2, 0.25) is 0 Å². The topological polar surface area (TPSA) is 66.5 Å². The summed E-state index contributed by atoms with van der Waals surface area (Å²) in [5, 5.41) is 3.56. The van der Waals surface area contributed by atoms with Gasteiger partial charge in [-0.05, 0) is 23.0 Å². The number of hydrogen-bond acceptors (Lipinski definition) is 4. The number of imidazole rings is 1. The summed E-state index contributed by atoms with van der Waals surface area (Å²) in [5.41, 5.74) is 4.50. The van der Waals surface area contributed by atoms with Crippen LogP contribution in [0.15, 0.2) is 36.9 Å². The van der Waals surface area contributed by atoms with Gasteiger partial charge in [0.05, 0.1) is 12.4 Å². The summed E-state index contributed by atoms with van der Waals surface area (Å²) >= 11 is 0. The van der Waals surface area contributed by atoms with Crippen molar-refractivity contribution in [3.05, 3.63) is 48.0 Å². The first kappa shape index (κ1) is 12.3. The van der Waals surface area contributed by atoms with Crippen molar-refractivity contribution >= 4 is 17.0 Å². The standard InChI is InChI=1S/C16H17N5/c1-16(2)7-12(10-5-3-4-6-11(10)16)21-15-13-14(18-8-17-13)19-9-20-15/h3-6,8-9,12H,7H2,1-2H3,(H2,17,18,19,20,21). The molecule has 0 saturated carbocycles. The normalized spacial score (nSPS) is 19.6. The molecule has 5 nitrogen and oxygen atoms in total. The van der Waals surface area contributed by atoms with E-state index >= 15 is 0 Å². The van der Waals surface area contributed by atoms with Crippen LogP contribution in [0.4, 0.5) is 5.82 Å². The number of benzene rings is 1. The third-order valence-corrected chi connectivity index (χ3v) is 4.31. The van der Waals surface area contributed by atoms with Crippen molar-refractivity contribution in [1.82, 2.24) is 19.9 Å². The molecular formula is C16H17N5. The van der Waals surface area contributed by atoms with Crippen molar-refractivity contribution in [2.24, 2.45) is 0 Å². The van der Waals surface area contributed by atoms with Crippen molar-refractivity contribution < 1.29 is 0 Å². The summed E-state index contributed by atoms with van der Waals surface area (Å²) in [5.74, 6) is 0.815. The van der Waals surface area contributed by atoms with E-state index in [-0.39, 0.29) is 11.5 Å². The molecule has 4 rings (SSSR count). The van der Waals surface area contributed by atoms with Gasteiger partial charge in [-0.3, -0.25) is 0 Å². The number of rotatable bonds is 2. The number of aromatic nitrogens is 4. The van der Waals surface area contributed by atoms with E-state index in [0.717, 1.165) is 17.8 Å². The van der Waals surface area contributed by atoms with Crippen LogP contribution >= 0.6 is 0 Å². The number of fused-ring (bicyclic) bond motifs is 2. The maximum absolute atomic E-state index is 4.37. The zero-order valence-electron chi connectivity index (χ0n) is 12.1. The molecule has 0 bridgehead atoms. The molecule has 1 atom stereocenters. The van der Waals surface area contributed by atoms with Crippen LogP contribution in [0.25, 0.3) is 11.2 Å². The lowest BCUT2D eigenvalue weighted by molar-refractivity contribution is 0.493. The first-order valence-electron chi connectivity index (χ1n) is 7.15. The largest absolute Gasteiger partial charge is 0.361 e. The molecule has 2 aromatic heterocycles. The lowest BCUT2D eigenvalue weighted by atomic mass is 9.86. The van der Waals surface area contributed by atoms with Gasteiger partial charge in [0.2, 0.25) is 0 Å². The Hall–Kier alpha value is -2.43. The highest BCUT2D eigenvalue weighted by molar-refractivity contribution is 5.82. The van der Waals surface area contributed by atoms with E-state index in [0.29, 0.717) is 5.65 Å². The average molecular weight is 279 g/mol. The van der Waals surface area contributed by atoms with Gasteiger partial charge in [-0.25, -0.2) is 15.0 Å². The van der Waals surface area contributed by atoms with Gasteiger partial charge in [0.1, 0.15) is 11.8 Å². The van der Waals surface area contributed by atoms with Crippen LogP contribution in [0.1, 0.15) is 37.4 Å². The third kappa shape index (κ3) is 1.88. The van der Waals surface area contributed by atoms with Gasteiger partial charge in [-0.15, -0.1) is 0 Å². The molecule has 5 heteroatoms. The van der Waals surface area contributed by atoms with Crippen molar-refractivity contribution in [2.45, 2.75) is 31.7 Å². The van der Waals surface area contributed by atoms with Crippen molar-refractivity contribution in [2.75, 3.05) is 5.32 Å². The molecule has 0 aliphatic heterocycles. The Morgan fingerprint density at radius 3 is 2.95 bits per heavy atom. The molecule has 2 heterocycles. The van der Waals surface area contributed by atoms with Gasteiger partial charge in [0.15, 0.2) is 11.5 Å². The highest BCUT2D eigenvalue weighted by atomic mass is 15.1. The highest BCUT2D eigenvalue weighted by Crippen LogP contribution is 2.45. The molecule has 0 fully saturated rings. The van der Waals surface area contributed by atoms with E-state index in [9.17, 15) is 0 Å². The molecule has 0 saturated heterocycles. The molecule has 1 aliphatic carbocycles. The lowest BCUT2D eigenvalue weighted by Crippen LogP contribution is -2.15. The molecular weight excluding hydrogens is 262 g/mol. The van der Waals surface area contributed by atoms with Gasteiger partial charge in [-0.2, -0.15) is 0 Å². The van der Waals surface area contributed by atoms with E-state index in [1.165, 1.54) is 11.1 Å². The van der Waals surface area contributed by atoms with Crippen LogP contribution in [0.3, 0.4) is 0 Å². The van der Waals surface area contributed by atoms with Gasteiger partial charge in [0.25, 0.3) is 0 Å². The average Bonchev–Trinajstić information content (AvgIpc) is 3.04. The highest BCUT2D eigenvalue weighted by Gasteiger charge is 2.36. The molecule has 0 amide bonds. The maximum Gasteiger partial charge on any atom is 0.182 e. The Kier molecular flexibility index (Phi) is 2.51. The van der Waals surface area contributed by atoms with Crippen molar-refractivity contribution in [1.29, 1.82) is 0 Å². The number of H-pyrrole nitrogens is 1. The maximum atomic E-state index is 4.37. The molecule has 3 aromatic rings. The second kappa shape index (κ2) is 4.28. The van der Waals surface area contributed by atoms with E-state index in [1.807, 2.05) is 0 Å². The van der Waals surface area contributed by atoms with Gasteiger partial charge >= 0.3 is 0 Å². The molecule has 21 heavy (non-hydrogen) atoms. The zero-order chi connectivity index (χ0) is 14.4. The summed E-state index contributed by atoms with van der Waals surface area (Å²) in [6.45, 7) is 4.58. The summed E-state index contributed by atoms with van der Waals surface area (Å²) in [6, 6.07) is 8.90. The van der Waals surface area contributed by atoms with Gasteiger partial charge in [-0.1, -0.05) is 38.1 Å². The minimum Gasteiger partial charge on any atom is -0.361 e. The Bertz CT molecular complexity index is 805. The fraction of sp³-hybridized carbons (Fsp3) is 0.312. The molecule has 1 aromatic carbocycles. The minimum atomic E-state index is 0.175. The molecule has 0 spiro atoms. The van der Waals surface area contributed by atoms with Crippen LogP contribution in [0.5, 0.6) is 0 Å². The SMILES string of the molecule is CC1(C)CC(Nc2ncnc3nc[nH]c23)c2ccccc21. The smallest absolute Gasteiger partial charge is 0.182 e. The first-order chi connectivity index (χ1) is 10.1. The zero-order valence-corrected chi connectivity index (χ0v) is 12.1. The molecule has 0 radical (unpaired) electrons. The van der Waals surface area contributed by atoms with Crippen LogP contribution in [-0.4, -0.2) is 19.9 Å². The predicted octanol–water partition coefficient (Wildman–Crippen LogP) is 3.19. The monoisotopic (exact) mass is 279 g/mol. The van der Waals surface area contributed by atoms with Crippen molar-refractivity contribution in [3.8, 4) is 0 Å². The second-order valence-electron chi connectivity index (χ2n) is 6.20. The van der Waals surface area contributed by atoms with E-state index in [2.05, 4.69) is 63.4 Å². The van der Waals surface area contributed by atoms with Crippen molar-refractivity contribution in [3.63, 3.8) is 0 Å². The number of nitrogens with one attached hydrogen (secondary N) is 2. The number of aromatic amines is 1. The Balaban J connectivity index is 1.75. The summed E-state index contributed by atoms with van der Waals surface area (Å²) in [4.78, 5) is 15.8. The molecule has 1 aliphatic rings. The number of anilines is 1. The second-order valence-corrected chi connectivity index (χ2v) is 6.20. The summed E-state index contributed by atoms with van der Waals surface area (Å²) in [6.07, 6.45) is 4.25. The van der Waals surface area contributed by atoms with E-state index in [4.69, 9.17) is 0 Å². The Morgan fingerprint density at radius 1 is 1.19 bits per heavy atom. The first-order valence-corrected chi connectivity index (χ1v) is 7.15. The van der Waals surface area contributed by atoms with Gasteiger partial charge in [0, 0.05) is 0 Å². The van der Waals surface area contributed by atoms with Crippen LogP contribution < -0.4 is 5.32 Å². The quantitative estimate of drug-likeness (QED) is 0.756. The fourth-order valence-corrected chi connectivity index (χ4v) is 3.32. The third-order valence-electron chi connectivity index (χ3n) is 4.31. The minimum absolute atomic E-state index is 0.175. The number of nitrogens with zero attached hydrogens (tertiary/aromatic N) is 3. The summed E-state index contributed by atoms with van der Waals surface area (Å²) < 4.78 is 0. The Labute approximate surface area is 122 Å². The van der Waals surface area contributed by atoms with E-state index in [1.54, 1.807) is 12.7 Å². The number of hydrogen-bond donors (Lipinski definition) is 2. The predicted molar refractivity (Wildman–Crippen MR) is 82.1 cm³/mol. The Morgan fingerprint density at radius 2 is 2.05 bits per heavy atom. The molecule has 106 valence electrons. The van der Waals surface area contributed by atoms with E-state index < -0.39 is 0 Å². The summed E-state index contributed by atoms with van der Waals surface area (Å²) in [7, 11) is 0. The molecule has 2 N–H and O–H groups in total.